The van der Waals surface area contributed by atoms with E-state index in [1.165, 1.54) is 0 Å². The summed E-state index contributed by atoms with van der Waals surface area (Å²) in [6, 6.07) is 0. The first-order valence-electron chi connectivity index (χ1n) is 0. The average Bonchev–Trinajstić information content (AvgIpc) is 0. The zero-order valence-corrected chi connectivity index (χ0v) is 7.19. The Kier molecular flexibility index (Phi) is 143. The Morgan fingerprint density at radius 1 is 1.00 bits per heavy atom. The fourth-order valence-corrected chi connectivity index (χ4v) is 0. The summed E-state index contributed by atoms with van der Waals surface area (Å²) in [5.74, 6) is 0. The molecule has 0 heterocycles. The third kappa shape index (κ3) is 8.82. The van der Waals surface area contributed by atoms with Gasteiger partial charge in [0.15, 0.2) is 0 Å². The number of hydrogen-bond acceptors (Lipinski definition) is 0. The second-order valence-corrected chi connectivity index (χ2v) is 0. The van der Waals surface area contributed by atoms with Crippen LogP contribution in [0.15, 0.2) is 0 Å². The van der Waals surface area contributed by atoms with Crippen LogP contribution in [-0.2, 0) is 77.3 Å². The van der Waals surface area contributed by atoms with Gasteiger partial charge in [0, 0.05) is 77.3 Å². The molecular weight excluding hydrogens is 314 g/mol. The monoisotopic (exact) mass is 315 g/mol. The van der Waals surface area contributed by atoms with E-state index in [-0.39, 0.29) is 77.3 Å². The summed E-state index contributed by atoms with van der Waals surface area (Å²) in [7, 11) is 0. The van der Waals surface area contributed by atoms with E-state index in [0.29, 0.717) is 0 Å². The molecule has 0 aromatic heterocycles. The third-order valence-corrected chi connectivity index (χ3v) is 0. The molecule has 0 aromatic rings. The fourth-order valence-electron chi connectivity index (χ4n) is 0. The Balaban J connectivity index is 0. The molecule has 0 aliphatic carbocycles. The molecule has 0 rings (SSSR count). The van der Waals surface area contributed by atoms with Crippen LogP contribution in [0.4, 0.5) is 0 Å². The van der Waals surface area contributed by atoms with Crippen LogP contribution in [0.1, 0.15) is 0 Å². The van der Waals surface area contributed by atoms with Gasteiger partial charge in [-0.3, -0.25) is 0 Å². The molecule has 0 spiro atoms. The zero-order valence-electron chi connectivity index (χ0n) is 1.43. The van der Waals surface area contributed by atoms with Crippen molar-refractivity contribution in [1.82, 2.24) is 0 Å². The summed E-state index contributed by atoms with van der Waals surface area (Å²) in [5.41, 5.74) is 0. The Labute approximate surface area is 76.3 Å². The molecule has 0 unspecified atom stereocenters. The van der Waals surface area contributed by atoms with Gasteiger partial charge in [-0.05, 0) is 0 Å². The molecule has 1 radical (unpaired) electrons. The van der Waals surface area contributed by atoms with Gasteiger partial charge in [0.2, 0.25) is 0 Å². The van der Waals surface area contributed by atoms with Crippen molar-refractivity contribution in [3.8, 4) is 0 Å². The van der Waals surface area contributed by atoms with Gasteiger partial charge in [-0.25, -0.2) is 0 Å². The SMILES string of the molecule is [Ag].[Cr].[Mo].[Ni]. The normalized spacial score (nSPS) is 0. The zero-order chi connectivity index (χ0) is 0. The van der Waals surface area contributed by atoms with Gasteiger partial charge < -0.3 is 0 Å². The maximum Gasteiger partial charge on any atom is 0 e. The topological polar surface area (TPSA) is 0 Å². The maximum atomic E-state index is 0. The van der Waals surface area contributed by atoms with Gasteiger partial charge in [-0.15, -0.1) is 0 Å². The molecular formula is AgCrMoNi. The predicted octanol–water partition coefficient (Wildman–Crippen LogP) is -0.0100. The average molecular weight is 314 g/mol. The van der Waals surface area contributed by atoms with E-state index < -0.39 is 0 Å². The van der Waals surface area contributed by atoms with Crippen molar-refractivity contribution in [2.75, 3.05) is 0 Å². The molecule has 0 aliphatic rings. The number of hydrogen-bond donors (Lipinski definition) is 0. The van der Waals surface area contributed by atoms with Crippen LogP contribution in [-0.4, -0.2) is 0 Å². The molecule has 0 aromatic carbocycles. The summed E-state index contributed by atoms with van der Waals surface area (Å²) in [6.07, 6.45) is 0. The van der Waals surface area contributed by atoms with Crippen molar-refractivity contribution in [3.05, 3.63) is 0 Å². The molecule has 0 bridgehead atoms. The molecule has 0 saturated carbocycles. The van der Waals surface area contributed by atoms with Crippen molar-refractivity contribution in [3.63, 3.8) is 0 Å². The first kappa shape index (κ1) is 31.9. The van der Waals surface area contributed by atoms with E-state index in [0.717, 1.165) is 0 Å². The molecule has 0 nitrogen and oxygen atoms in total. The largest absolute Gasteiger partial charge is 0 e. The minimum Gasteiger partial charge on any atom is 0 e. The standard InChI is InChI=1S/Ag.Cr.Mo.Ni. The smallest absolute Gasteiger partial charge is 0 e. The van der Waals surface area contributed by atoms with E-state index in [2.05, 4.69) is 0 Å². The third-order valence-electron chi connectivity index (χ3n) is 0. The van der Waals surface area contributed by atoms with Crippen molar-refractivity contribution < 1.29 is 77.3 Å². The van der Waals surface area contributed by atoms with E-state index in [1.807, 2.05) is 0 Å². The van der Waals surface area contributed by atoms with Gasteiger partial charge in [-0.1, -0.05) is 0 Å². The number of rotatable bonds is 0. The first-order chi connectivity index (χ1) is 0. The van der Waals surface area contributed by atoms with Crippen LogP contribution in [0.2, 0.25) is 0 Å². The Morgan fingerprint density at radius 3 is 1.00 bits per heavy atom. The van der Waals surface area contributed by atoms with Gasteiger partial charge in [0.25, 0.3) is 0 Å². The minimum atomic E-state index is 0. The summed E-state index contributed by atoms with van der Waals surface area (Å²) in [6.45, 7) is 0. The molecule has 4 heteroatoms. The van der Waals surface area contributed by atoms with Crippen molar-refractivity contribution in [2.24, 2.45) is 0 Å². The van der Waals surface area contributed by atoms with Crippen LogP contribution < -0.4 is 0 Å². The van der Waals surface area contributed by atoms with E-state index in [4.69, 9.17) is 0 Å². The van der Waals surface area contributed by atoms with E-state index >= 15 is 0 Å². The molecule has 0 N–H and O–H groups in total. The van der Waals surface area contributed by atoms with E-state index in [1.54, 1.807) is 0 Å². The maximum absolute atomic E-state index is 0. The molecule has 0 atom stereocenters. The van der Waals surface area contributed by atoms with Crippen molar-refractivity contribution >= 4 is 0 Å². The fraction of sp³-hybridized carbons (Fsp3) is 0. The Morgan fingerprint density at radius 2 is 1.00 bits per heavy atom. The molecule has 0 fully saturated rings. The minimum absolute atomic E-state index is 0. The summed E-state index contributed by atoms with van der Waals surface area (Å²) < 4.78 is 0. The summed E-state index contributed by atoms with van der Waals surface area (Å²) >= 11 is 0. The van der Waals surface area contributed by atoms with Crippen molar-refractivity contribution in [2.45, 2.75) is 0 Å². The summed E-state index contributed by atoms with van der Waals surface area (Å²) in [5, 5.41) is 0. The molecule has 0 aliphatic heterocycles. The Hall–Kier alpha value is 2.45. The predicted molar refractivity (Wildman–Crippen MR) is 0 cm³/mol. The first-order valence-corrected chi connectivity index (χ1v) is 0. The van der Waals surface area contributed by atoms with Crippen LogP contribution >= 0.6 is 0 Å². The van der Waals surface area contributed by atoms with Crippen molar-refractivity contribution in [1.29, 1.82) is 0 Å². The molecule has 4 heavy (non-hydrogen) atoms. The Bertz CT molecular complexity index is 8.00. The summed E-state index contributed by atoms with van der Waals surface area (Å²) in [4.78, 5) is 0. The van der Waals surface area contributed by atoms with Crippen LogP contribution in [0.5, 0.6) is 0 Å². The van der Waals surface area contributed by atoms with Crippen LogP contribution in [0, 0.1) is 0 Å². The van der Waals surface area contributed by atoms with Gasteiger partial charge in [-0.2, -0.15) is 0 Å². The van der Waals surface area contributed by atoms with E-state index in [9.17, 15) is 0 Å². The van der Waals surface area contributed by atoms with Crippen LogP contribution in [0.25, 0.3) is 0 Å². The second-order valence-electron chi connectivity index (χ2n) is 0. The van der Waals surface area contributed by atoms with Crippen LogP contribution in [0.3, 0.4) is 0 Å². The van der Waals surface area contributed by atoms with Gasteiger partial charge >= 0.3 is 0 Å². The van der Waals surface area contributed by atoms with Gasteiger partial charge in [0.05, 0.1) is 0 Å². The quantitative estimate of drug-likeness (QED) is 0.552. The molecule has 0 amide bonds. The second kappa shape index (κ2) is 18.0. The molecule has 33 valence electrons. The van der Waals surface area contributed by atoms with Gasteiger partial charge in [0.1, 0.15) is 0 Å². The molecule has 0 saturated heterocycles.